The van der Waals surface area contributed by atoms with Gasteiger partial charge in [0.2, 0.25) is 10.0 Å². The molecule has 4 nitrogen and oxygen atoms in total. The van der Waals surface area contributed by atoms with Crippen molar-refractivity contribution in [3.8, 4) is 0 Å². The van der Waals surface area contributed by atoms with Gasteiger partial charge >= 0.3 is 0 Å². The van der Waals surface area contributed by atoms with Crippen LogP contribution in [0.15, 0.2) is 30.3 Å². The van der Waals surface area contributed by atoms with E-state index in [9.17, 15) is 8.42 Å². The van der Waals surface area contributed by atoms with E-state index in [2.05, 4.69) is 4.90 Å². The summed E-state index contributed by atoms with van der Waals surface area (Å²) in [5.74, 6) is 0. The number of hydrogen-bond acceptors (Lipinski definition) is 3. The van der Waals surface area contributed by atoms with Crippen LogP contribution in [0.4, 0.5) is 0 Å². The molecule has 1 atom stereocenters. The Kier molecular flexibility index (Phi) is 3.51. The minimum absolute atomic E-state index is 0.0649. The summed E-state index contributed by atoms with van der Waals surface area (Å²) in [6, 6.07) is 9.75. The monoisotopic (exact) mass is 254 g/mol. The van der Waals surface area contributed by atoms with E-state index in [0.29, 0.717) is 6.54 Å². The molecule has 1 aliphatic rings. The van der Waals surface area contributed by atoms with Gasteiger partial charge in [0.25, 0.3) is 0 Å². The highest BCUT2D eigenvalue weighted by atomic mass is 32.2. The summed E-state index contributed by atoms with van der Waals surface area (Å²) in [6.07, 6.45) is 1.29. The minimum Gasteiger partial charge on any atom is -0.303 e. The molecule has 94 valence electrons. The summed E-state index contributed by atoms with van der Waals surface area (Å²) in [5.41, 5.74) is 1.06. The molecule has 0 aliphatic carbocycles. The van der Waals surface area contributed by atoms with Gasteiger partial charge in [-0.25, -0.2) is 8.42 Å². The topological polar surface area (TPSA) is 40.6 Å². The molecule has 1 fully saturated rings. The van der Waals surface area contributed by atoms with E-state index in [4.69, 9.17) is 0 Å². The van der Waals surface area contributed by atoms with Crippen molar-refractivity contribution in [3.05, 3.63) is 35.9 Å². The summed E-state index contributed by atoms with van der Waals surface area (Å²) in [7, 11) is -1.12. The van der Waals surface area contributed by atoms with Crippen LogP contribution in [0.5, 0.6) is 0 Å². The van der Waals surface area contributed by atoms with E-state index in [1.165, 1.54) is 6.26 Å². The highest BCUT2D eigenvalue weighted by molar-refractivity contribution is 7.88. The smallest absolute Gasteiger partial charge is 0.211 e. The molecule has 17 heavy (non-hydrogen) atoms. The first-order valence-corrected chi connectivity index (χ1v) is 7.53. The fraction of sp³-hybridized carbons (Fsp3) is 0.500. The van der Waals surface area contributed by atoms with Crippen molar-refractivity contribution in [2.24, 2.45) is 0 Å². The number of sulfonamides is 1. The molecule has 0 amide bonds. The Morgan fingerprint density at radius 3 is 2.41 bits per heavy atom. The highest BCUT2D eigenvalue weighted by Crippen LogP contribution is 2.26. The number of rotatable bonds is 2. The molecule has 2 rings (SSSR count). The second-order valence-corrected chi connectivity index (χ2v) is 6.50. The Bertz CT molecular complexity index is 473. The third-order valence-corrected chi connectivity index (χ3v) is 4.43. The second kappa shape index (κ2) is 4.76. The van der Waals surface area contributed by atoms with Crippen molar-refractivity contribution < 1.29 is 8.42 Å². The summed E-state index contributed by atoms with van der Waals surface area (Å²) < 4.78 is 25.2. The number of piperazine rings is 1. The molecule has 0 saturated carbocycles. The van der Waals surface area contributed by atoms with Crippen LogP contribution in [-0.2, 0) is 10.0 Å². The second-order valence-electron chi connectivity index (χ2n) is 4.56. The van der Waals surface area contributed by atoms with E-state index in [0.717, 1.165) is 18.7 Å². The first-order valence-electron chi connectivity index (χ1n) is 5.69. The quantitative estimate of drug-likeness (QED) is 0.788. The Hall–Kier alpha value is -0.910. The standard InChI is InChI=1S/C12H18N2O2S/c1-13-8-9-14(17(2,15)16)12(10-13)11-6-4-3-5-7-11/h3-7,12H,8-10H2,1-2H3. The van der Waals surface area contributed by atoms with Crippen molar-refractivity contribution in [1.82, 2.24) is 9.21 Å². The van der Waals surface area contributed by atoms with Gasteiger partial charge in [-0.15, -0.1) is 0 Å². The predicted octanol–water partition coefficient (Wildman–Crippen LogP) is 0.935. The van der Waals surface area contributed by atoms with Gasteiger partial charge < -0.3 is 4.90 Å². The lowest BCUT2D eigenvalue weighted by Crippen LogP contribution is -2.48. The Balaban J connectivity index is 2.33. The number of hydrogen-bond donors (Lipinski definition) is 0. The molecular formula is C12H18N2O2S. The Morgan fingerprint density at radius 1 is 1.18 bits per heavy atom. The van der Waals surface area contributed by atoms with Crippen molar-refractivity contribution in [1.29, 1.82) is 0 Å². The summed E-state index contributed by atoms with van der Waals surface area (Å²) in [4.78, 5) is 2.17. The van der Waals surface area contributed by atoms with Crippen molar-refractivity contribution in [2.75, 3.05) is 32.9 Å². The lowest BCUT2D eigenvalue weighted by molar-refractivity contribution is 0.161. The van der Waals surface area contributed by atoms with Crippen molar-refractivity contribution >= 4 is 10.0 Å². The Labute approximate surface area is 103 Å². The van der Waals surface area contributed by atoms with E-state index < -0.39 is 10.0 Å². The third-order valence-electron chi connectivity index (χ3n) is 3.14. The van der Waals surface area contributed by atoms with Crippen LogP contribution in [0.3, 0.4) is 0 Å². The predicted molar refractivity (Wildman–Crippen MR) is 68.2 cm³/mol. The van der Waals surface area contributed by atoms with E-state index in [1.807, 2.05) is 37.4 Å². The third kappa shape index (κ3) is 2.86. The van der Waals surface area contributed by atoms with Gasteiger partial charge in [-0.05, 0) is 12.6 Å². The average molecular weight is 254 g/mol. The highest BCUT2D eigenvalue weighted by Gasteiger charge is 2.32. The van der Waals surface area contributed by atoms with Crippen LogP contribution in [0.1, 0.15) is 11.6 Å². The lowest BCUT2D eigenvalue weighted by Gasteiger charge is -2.38. The number of nitrogens with zero attached hydrogens (tertiary/aromatic N) is 2. The molecule has 1 unspecified atom stereocenters. The van der Waals surface area contributed by atoms with Crippen molar-refractivity contribution in [3.63, 3.8) is 0 Å². The van der Waals surface area contributed by atoms with Gasteiger partial charge in [0, 0.05) is 19.6 Å². The van der Waals surface area contributed by atoms with Crippen LogP contribution < -0.4 is 0 Å². The molecule has 1 aromatic rings. The summed E-state index contributed by atoms with van der Waals surface area (Å²) in [6.45, 7) is 2.10. The maximum absolute atomic E-state index is 11.8. The van der Waals surface area contributed by atoms with Gasteiger partial charge in [-0.2, -0.15) is 4.31 Å². The largest absolute Gasteiger partial charge is 0.303 e. The zero-order valence-electron chi connectivity index (χ0n) is 10.2. The molecular weight excluding hydrogens is 236 g/mol. The molecule has 5 heteroatoms. The van der Waals surface area contributed by atoms with Crippen molar-refractivity contribution in [2.45, 2.75) is 6.04 Å². The van der Waals surface area contributed by atoms with E-state index in [-0.39, 0.29) is 6.04 Å². The van der Waals surface area contributed by atoms with Gasteiger partial charge in [-0.3, -0.25) is 0 Å². The van der Waals surface area contributed by atoms with E-state index in [1.54, 1.807) is 4.31 Å². The molecule has 0 bridgehead atoms. The summed E-state index contributed by atoms with van der Waals surface area (Å²) >= 11 is 0. The number of likely N-dealkylation sites (N-methyl/N-ethyl adjacent to an activating group) is 1. The van der Waals surface area contributed by atoms with Crippen LogP contribution in [-0.4, -0.2) is 50.6 Å². The molecule has 1 aromatic carbocycles. The zero-order chi connectivity index (χ0) is 12.5. The average Bonchev–Trinajstić information content (AvgIpc) is 2.28. The fourth-order valence-corrected chi connectivity index (χ4v) is 3.31. The molecule has 0 aromatic heterocycles. The first kappa shape index (κ1) is 12.5. The van der Waals surface area contributed by atoms with Crippen LogP contribution in [0, 0.1) is 0 Å². The SMILES string of the molecule is CN1CCN(S(C)(=O)=O)C(c2ccccc2)C1. The van der Waals surface area contributed by atoms with E-state index >= 15 is 0 Å². The Morgan fingerprint density at radius 2 is 1.82 bits per heavy atom. The molecule has 0 radical (unpaired) electrons. The lowest BCUT2D eigenvalue weighted by atomic mass is 10.1. The minimum atomic E-state index is -3.14. The maximum atomic E-state index is 11.8. The van der Waals surface area contributed by atoms with Crippen LogP contribution in [0.2, 0.25) is 0 Å². The first-order chi connectivity index (χ1) is 7.98. The summed E-state index contributed by atoms with van der Waals surface area (Å²) in [5, 5.41) is 0. The molecule has 1 heterocycles. The van der Waals surface area contributed by atoms with Crippen LogP contribution >= 0.6 is 0 Å². The molecule has 0 N–H and O–H groups in total. The normalized spacial score (nSPS) is 23.8. The zero-order valence-corrected chi connectivity index (χ0v) is 11.0. The van der Waals surface area contributed by atoms with Gasteiger partial charge in [0.1, 0.15) is 0 Å². The van der Waals surface area contributed by atoms with Gasteiger partial charge in [0.05, 0.1) is 12.3 Å². The molecule has 1 saturated heterocycles. The number of benzene rings is 1. The fourth-order valence-electron chi connectivity index (χ4n) is 2.25. The molecule has 1 aliphatic heterocycles. The van der Waals surface area contributed by atoms with Gasteiger partial charge in [-0.1, -0.05) is 30.3 Å². The molecule has 0 spiro atoms. The maximum Gasteiger partial charge on any atom is 0.211 e. The van der Waals surface area contributed by atoms with Crippen LogP contribution in [0.25, 0.3) is 0 Å². The van der Waals surface area contributed by atoms with Gasteiger partial charge in [0.15, 0.2) is 0 Å².